The van der Waals surface area contributed by atoms with E-state index in [-0.39, 0.29) is 12.8 Å². The Hall–Kier alpha value is -0.150. The van der Waals surface area contributed by atoms with Crippen LogP contribution in [0.3, 0.4) is 0 Å². The molecule has 0 fully saturated rings. The highest BCUT2D eigenvalue weighted by Gasteiger charge is 1.91. The van der Waals surface area contributed by atoms with Crippen molar-refractivity contribution in [3.05, 3.63) is 0 Å². The normalized spacial score (nSPS) is 13.9. The van der Waals surface area contributed by atoms with Gasteiger partial charge in [0.25, 0.3) is 0 Å². The van der Waals surface area contributed by atoms with Gasteiger partial charge in [0.15, 0.2) is 0 Å². The van der Waals surface area contributed by atoms with E-state index in [9.17, 15) is 4.39 Å². The molecular formula is C5H12FNO. The van der Waals surface area contributed by atoms with Crippen molar-refractivity contribution in [2.75, 3.05) is 19.8 Å². The van der Waals surface area contributed by atoms with Gasteiger partial charge in [-0.2, -0.15) is 0 Å². The van der Waals surface area contributed by atoms with Crippen LogP contribution in [-0.2, 0) is 0 Å². The number of halogens is 1. The lowest BCUT2D eigenvalue weighted by molar-refractivity contribution is 0.190. The van der Waals surface area contributed by atoms with Gasteiger partial charge < -0.3 is 10.4 Å². The molecule has 0 radical (unpaired) electrons. The summed E-state index contributed by atoms with van der Waals surface area (Å²) in [7, 11) is 0. The molecule has 0 aromatic carbocycles. The number of hydrogen-bond acceptors (Lipinski definition) is 2. The van der Waals surface area contributed by atoms with Crippen LogP contribution in [0.2, 0.25) is 0 Å². The van der Waals surface area contributed by atoms with Crippen molar-refractivity contribution < 1.29 is 9.50 Å². The van der Waals surface area contributed by atoms with E-state index < -0.39 is 0 Å². The highest BCUT2D eigenvalue weighted by Crippen LogP contribution is 1.73. The maximum absolute atomic E-state index is 11.3. The topological polar surface area (TPSA) is 32.3 Å². The molecule has 0 aromatic heterocycles. The molecule has 0 aliphatic carbocycles. The van der Waals surface area contributed by atoms with Crippen molar-refractivity contribution in [3.63, 3.8) is 0 Å². The first-order valence-corrected chi connectivity index (χ1v) is 2.72. The Morgan fingerprint density at radius 2 is 2.38 bits per heavy atom. The van der Waals surface area contributed by atoms with E-state index in [4.69, 9.17) is 5.11 Å². The fourth-order valence-electron chi connectivity index (χ4n) is 0.378. The molecule has 2 N–H and O–H groups in total. The lowest BCUT2D eigenvalue weighted by Crippen LogP contribution is -2.25. The van der Waals surface area contributed by atoms with Gasteiger partial charge in [-0.3, -0.25) is 0 Å². The number of hydrogen-bond donors (Lipinski definition) is 2. The molecule has 0 aliphatic heterocycles. The van der Waals surface area contributed by atoms with Gasteiger partial charge >= 0.3 is 0 Å². The SMILES string of the molecule is CC(O)CNCCF. The summed E-state index contributed by atoms with van der Waals surface area (Å²) in [5.74, 6) is 0. The van der Waals surface area contributed by atoms with Crippen LogP contribution in [0.4, 0.5) is 4.39 Å². The zero-order chi connectivity index (χ0) is 6.41. The molecule has 50 valence electrons. The molecular weight excluding hydrogens is 109 g/mol. The number of aliphatic hydroxyl groups is 1. The first kappa shape index (κ1) is 7.85. The smallest absolute Gasteiger partial charge is 0.102 e. The third-order valence-electron chi connectivity index (χ3n) is 0.711. The van der Waals surface area contributed by atoms with Crippen LogP contribution in [0.5, 0.6) is 0 Å². The van der Waals surface area contributed by atoms with Gasteiger partial charge in [0.1, 0.15) is 6.67 Å². The van der Waals surface area contributed by atoms with Crippen LogP contribution in [0.1, 0.15) is 6.92 Å². The molecule has 0 aromatic rings. The van der Waals surface area contributed by atoms with Gasteiger partial charge in [-0.1, -0.05) is 0 Å². The molecule has 1 atom stereocenters. The summed E-state index contributed by atoms with van der Waals surface area (Å²) in [4.78, 5) is 0. The van der Waals surface area contributed by atoms with E-state index in [1.165, 1.54) is 0 Å². The van der Waals surface area contributed by atoms with Crippen molar-refractivity contribution >= 4 is 0 Å². The van der Waals surface area contributed by atoms with Crippen LogP contribution in [0, 0.1) is 0 Å². The summed E-state index contributed by atoms with van der Waals surface area (Å²) in [5.41, 5.74) is 0. The highest BCUT2D eigenvalue weighted by atomic mass is 19.1. The molecule has 0 saturated heterocycles. The number of rotatable bonds is 4. The molecule has 2 nitrogen and oxygen atoms in total. The second kappa shape index (κ2) is 5.00. The van der Waals surface area contributed by atoms with Gasteiger partial charge in [0.2, 0.25) is 0 Å². The van der Waals surface area contributed by atoms with Gasteiger partial charge in [-0.15, -0.1) is 0 Å². The van der Waals surface area contributed by atoms with E-state index >= 15 is 0 Å². The third kappa shape index (κ3) is 5.85. The lowest BCUT2D eigenvalue weighted by atomic mass is 10.4. The van der Waals surface area contributed by atoms with E-state index in [1.807, 2.05) is 0 Å². The number of aliphatic hydroxyl groups excluding tert-OH is 1. The minimum absolute atomic E-state index is 0.338. The molecule has 0 rings (SSSR count). The monoisotopic (exact) mass is 121 g/mol. The molecule has 0 saturated carbocycles. The second-order valence-electron chi connectivity index (χ2n) is 1.74. The highest BCUT2D eigenvalue weighted by molar-refractivity contribution is 4.50. The maximum Gasteiger partial charge on any atom is 0.102 e. The van der Waals surface area contributed by atoms with Gasteiger partial charge in [-0.25, -0.2) is 4.39 Å². The third-order valence-corrected chi connectivity index (χ3v) is 0.711. The van der Waals surface area contributed by atoms with Crippen LogP contribution in [-0.4, -0.2) is 31.0 Å². The van der Waals surface area contributed by atoms with Crippen molar-refractivity contribution in [1.82, 2.24) is 5.32 Å². The van der Waals surface area contributed by atoms with Crippen molar-refractivity contribution in [2.24, 2.45) is 0 Å². The predicted molar refractivity (Wildman–Crippen MR) is 30.5 cm³/mol. The largest absolute Gasteiger partial charge is 0.392 e. The molecule has 3 heteroatoms. The Morgan fingerprint density at radius 3 is 2.75 bits per heavy atom. The molecule has 0 heterocycles. The zero-order valence-electron chi connectivity index (χ0n) is 5.02. The first-order chi connectivity index (χ1) is 3.77. The van der Waals surface area contributed by atoms with Gasteiger partial charge in [-0.05, 0) is 6.92 Å². The summed E-state index contributed by atoms with van der Waals surface area (Å²) < 4.78 is 11.3. The van der Waals surface area contributed by atoms with E-state index in [0.29, 0.717) is 13.1 Å². The van der Waals surface area contributed by atoms with E-state index in [0.717, 1.165) is 0 Å². The van der Waals surface area contributed by atoms with Crippen LogP contribution < -0.4 is 5.32 Å². The van der Waals surface area contributed by atoms with Gasteiger partial charge in [0, 0.05) is 13.1 Å². The average molecular weight is 121 g/mol. The summed E-state index contributed by atoms with van der Waals surface area (Å²) in [6, 6.07) is 0. The zero-order valence-corrected chi connectivity index (χ0v) is 5.02. The number of nitrogens with one attached hydrogen (secondary N) is 1. The average Bonchev–Trinajstić information content (AvgIpc) is 1.66. The minimum atomic E-state index is -0.374. The van der Waals surface area contributed by atoms with Crippen molar-refractivity contribution in [3.8, 4) is 0 Å². The molecule has 0 aliphatic rings. The van der Waals surface area contributed by atoms with Gasteiger partial charge in [0.05, 0.1) is 6.10 Å². The first-order valence-electron chi connectivity index (χ1n) is 2.72. The predicted octanol–water partition coefficient (Wildman–Crippen LogP) is -0.0737. The van der Waals surface area contributed by atoms with Crippen LogP contribution >= 0.6 is 0 Å². The Kier molecular flexibility index (Phi) is 4.90. The number of alkyl halides is 1. The Balaban J connectivity index is 2.72. The lowest BCUT2D eigenvalue weighted by Gasteiger charge is -2.02. The fourth-order valence-corrected chi connectivity index (χ4v) is 0.378. The quantitative estimate of drug-likeness (QED) is 0.510. The summed E-state index contributed by atoms with van der Waals surface area (Å²) >= 11 is 0. The van der Waals surface area contributed by atoms with Crippen molar-refractivity contribution in [2.45, 2.75) is 13.0 Å². The summed E-state index contributed by atoms with van der Waals surface area (Å²) in [6.45, 7) is 2.10. The molecule has 0 spiro atoms. The molecule has 0 amide bonds. The maximum atomic E-state index is 11.3. The summed E-state index contributed by atoms with van der Waals surface area (Å²) in [6.07, 6.45) is -0.374. The molecule has 0 bridgehead atoms. The standard InChI is InChI=1S/C5H12FNO/c1-5(8)4-7-3-2-6/h5,7-8H,2-4H2,1H3. The van der Waals surface area contributed by atoms with E-state index in [2.05, 4.69) is 5.32 Å². The second-order valence-corrected chi connectivity index (χ2v) is 1.74. The van der Waals surface area contributed by atoms with Crippen LogP contribution in [0.15, 0.2) is 0 Å². The van der Waals surface area contributed by atoms with Crippen molar-refractivity contribution in [1.29, 1.82) is 0 Å². The minimum Gasteiger partial charge on any atom is -0.392 e. The van der Waals surface area contributed by atoms with E-state index in [1.54, 1.807) is 6.92 Å². The van der Waals surface area contributed by atoms with Crippen LogP contribution in [0.25, 0.3) is 0 Å². The Morgan fingerprint density at radius 1 is 1.75 bits per heavy atom. The Labute approximate surface area is 48.7 Å². The molecule has 8 heavy (non-hydrogen) atoms. The Bertz CT molecular complexity index is 49.7. The summed E-state index contributed by atoms with van der Waals surface area (Å²) in [5, 5.41) is 11.3. The molecule has 1 unspecified atom stereocenters. The fraction of sp³-hybridized carbons (Fsp3) is 1.00.